The highest BCUT2D eigenvalue weighted by atomic mass is 16.5. The van der Waals surface area contributed by atoms with Crippen LogP contribution < -0.4 is 14.9 Å². The molecule has 1 saturated heterocycles. The average Bonchev–Trinajstić information content (AvgIpc) is 2.97. The quantitative estimate of drug-likeness (QED) is 0.907. The van der Waals surface area contributed by atoms with Crippen LogP contribution in [0.25, 0.3) is 0 Å². The van der Waals surface area contributed by atoms with Crippen molar-refractivity contribution in [2.75, 3.05) is 33.9 Å². The number of likely N-dealkylation sites (tertiary alicyclic amines) is 1. The summed E-state index contributed by atoms with van der Waals surface area (Å²) in [6, 6.07) is 6.14. The predicted molar refractivity (Wildman–Crippen MR) is 87.7 cm³/mol. The third-order valence-corrected chi connectivity index (χ3v) is 4.63. The molecular formula is C17H25N3O2. The minimum absolute atomic E-state index is 0.166. The first-order valence-corrected chi connectivity index (χ1v) is 8.03. The number of fused-ring (bicyclic) bond motifs is 1. The normalized spacial score (nSPS) is 24.4. The molecule has 0 saturated carbocycles. The van der Waals surface area contributed by atoms with Crippen molar-refractivity contribution in [1.29, 1.82) is 0 Å². The highest BCUT2D eigenvalue weighted by molar-refractivity contribution is 5.90. The summed E-state index contributed by atoms with van der Waals surface area (Å²) in [6.07, 6.45) is 2.25. The van der Waals surface area contributed by atoms with Crippen molar-refractivity contribution in [3.05, 3.63) is 23.8 Å². The van der Waals surface area contributed by atoms with Crippen molar-refractivity contribution in [3.63, 3.8) is 0 Å². The highest BCUT2D eigenvalue weighted by Crippen LogP contribution is 2.38. The Labute approximate surface area is 132 Å². The van der Waals surface area contributed by atoms with E-state index in [0.29, 0.717) is 5.92 Å². The van der Waals surface area contributed by atoms with Crippen molar-refractivity contribution < 1.29 is 9.47 Å². The maximum atomic E-state index is 5.55. The lowest BCUT2D eigenvalue weighted by atomic mass is 9.86. The maximum absolute atomic E-state index is 5.55. The van der Waals surface area contributed by atoms with E-state index < -0.39 is 0 Å². The van der Waals surface area contributed by atoms with E-state index in [4.69, 9.17) is 9.47 Å². The third kappa shape index (κ3) is 2.77. The van der Waals surface area contributed by atoms with Crippen LogP contribution in [-0.4, -0.2) is 44.5 Å². The largest absolute Gasteiger partial charge is 0.497 e. The molecule has 0 radical (unpaired) electrons. The molecule has 1 N–H and O–H groups in total. The van der Waals surface area contributed by atoms with Gasteiger partial charge in [0.05, 0.1) is 20.3 Å². The van der Waals surface area contributed by atoms with E-state index in [-0.39, 0.29) is 6.04 Å². The summed E-state index contributed by atoms with van der Waals surface area (Å²) in [6.45, 7) is 5.57. The van der Waals surface area contributed by atoms with E-state index in [1.54, 1.807) is 14.2 Å². The molecule has 2 unspecified atom stereocenters. The lowest BCUT2D eigenvalue weighted by molar-refractivity contribution is 0.227. The monoisotopic (exact) mass is 303 g/mol. The number of piperidine rings is 1. The number of benzene rings is 1. The summed E-state index contributed by atoms with van der Waals surface area (Å²) in [5.41, 5.74) is 5.75. The van der Waals surface area contributed by atoms with Crippen molar-refractivity contribution >= 4 is 5.71 Å². The van der Waals surface area contributed by atoms with Gasteiger partial charge in [-0.2, -0.15) is 5.10 Å². The molecule has 2 aliphatic rings. The summed E-state index contributed by atoms with van der Waals surface area (Å²) in [4.78, 5) is 2.54. The fraction of sp³-hybridized carbons (Fsp3) is 0.588. The van der Waals surface area contributed by atoms with Gasteiger partial charge in [-0.1, -0.05) is 6.92 Å². The molecule has 0 amide bonds. The zero-order valence-corrected chi connectivity index (χ0v) is 13.6. The highest BCUT2D eigenvalue weighted by Gasteiger charge is 2.38. The Kier molecular flexibility index (Phi) is 4.52. The minimum Gasteiger partial charge on any atom is -0.497 e. The molecule has 22 heavy (non-hydrogen) atoms. The Morgan fingerprint density at radius 1 is 1.32 bits per heavy atom. The van der Waals surface area contributed by atoms with E-state index in [0.717, 1.165) is 43.1 Å². The first-order valence-electron chi connectivity index (χ1n) is 8.03. The van der Waals surface area contributed by atoms with Crippen LogP contribution in [0.5, 0.6) is 11.5 Å². The smallest absolute Gasteiger partial charge is 0.124 e. The number of methoxy groups -OCH3 is 2. The Balaban J connectivity index is 1.86. The Hall–Kier alpha value is -1.75. The summed E-state index contributed by atoms with van der Waals surface area (Å²) in [7, 11) is 3.41. The van der Waals surface area contributed by atoms with Gasteiger partial charge in [-0.05, 0) is 31.2 Å². The lowest BCUT2D eigenvalue weighted by Gasteiger charge is -2.33. The molecule has 1 aromatic carbocycles. The molecule has 2 heterocycles. The second kappa shape index (κ2) is 6.57. The molecule has 5 nitrogen and oxygen atoms in total. The van der Waals surface area contributed by atoms with Gasteiger partial charge in [0, 0.05) is 36.7 Å². The van der Waals surface area contributed by atoms with Gasteiger partial charge in [-0.15, -0.1) is 0 Å². The number of rotatable bonds is 5. The third-order valence-electron chi connectivity index (χ3n) is 4.63. The maximum Gasteiger partial charge on any atom is 0.124 e. The van der Waals surface area contributed by atoms with Crippen LogP contribution in [-0.2, 0) is 0 Å². The molecule has 2 aliphatic heterocycles. The van der Waals surface area contributed by atoms with Gasteiger partial charge < -0.3 is 19.8 Å². The van der Waals surface area contributed by atoms with Crippen LogP contribution in [0, 0.1) is 5.92 Å². The second-order valence-electron chi connectivity index (χ2n) is 5.97. The fourth-order valence-corrected chi connectivity index (χ4v) is 3.50. The van der Waals surface area contributed by atoms with E-state index in [2.05, 4.69) is 28.4 Å². The van der Waals surface area contributed by atoms with Crippen molar-refractivity contribution in [1.82, 2.24) is 10.3 Å². The standard InChI is InChI=1S/C17H25N3O2/c1-4-8-20-9-7-15-14(11-20)17(19-18-15)13-10-12(21-2)5-6-16(13)22-3/h5-6,10,14,17,19H,4,7-9,11H2,1-3H3. The van der Waals surface area contributed by atoms with Crippen LogP contribution in [0.2, 0.25) is 0 Å². The Morgan fingerprint density at radius 3 is 2.91 bits per heavy atom. The summed E-state index contributed by atoms with van der Waals surface area (Å²) >= 11 is 0. The van der Waals surface area contributed by atoms with Gasteiger partial charge in [0.2, 0.25) is 0 Å². The van der Waals surface area contributed by atoms with Gasteiger partial charge >= 0.3 is 0 Å². The van der Waals surface area contributed by atoms with Crippen LogP contribution in [0.15, 0.2) is 23.3 Å². The molecule has 1 aromatic rings. The molecule has 3 rings (SSSR count). The number of hydrogen-bond donors (Lipinski definition) is 1. The summed E-state index contributed by atoms with van der Waals surface area (Å²) in [5, 5.41) is 4.58. The van der Waals surface area contributed by atoms with E-state index in [1.165, 1.54) is 12.1 Å². The molecule has 0 aromatic heterocycles. The zero-order valence-electron chi connectivity index (χ0n) is 13.6. The number of ether oxygens (including phenoxy) is 2. The van der Waals surface area contributed by atoms with Crippen LogP contribution in [0.3, 0.4) is 0 Å². The fourth-order valence-electron chi connectivity index (χ4n) is 3.50. The van der Waals surface area contributed by atoms with E-state index in [1.807, 2.05) is 12.1 Å². The summed E-state index contributed by atoms with van der Waals surface area (Å²) in [5.74, 6) is 2.16. The molecule has 0 bridgehead atoms. The zero-order chi connectivity index (χ0) is 15.5. The molecule has 1 fully saturated rings. The Morgan fingerprint density at radius 2 is 2.18 bits per heavy atom. The molecule has 0 spiro atoms. The van der Waals surface area contributed by atoms with Crippen molar-refractivity contribution in [3.8, 4) is 11.5 Å². The summed E-state index contributed by atoms with van der Waals surface area (Å²) < 4.78 is 10.9. The van der Waals surface area contributed by atoms with Gasteiger partial charge in [-0.25, -0.2) is 0 Å². The lowest BCUT2D eigenvalue weighted by Crippen LogP contribution is -2.42. The minimum atomic E-state index is 0.166. The van der Waals surface area contributed by atoms with Crippen LogP contribution >= 0.6 is 0 Å². The number of nitrogens with zero attached hydrogens (tertiary/aromatic N) is 2. The van der Waals surface area contributed by atoms with Gasteiger partial charge in [0.25, 0.3) is 0 Å². The second-order valence-corrected chi connectivity index (χ2v) is 5.97. The Bertz CT molecular complexity index is 559. The van der Waals surface area contributed by atoms with Gasteiger partial charge in [0.15, 0.2) is 0 Å². The predicted octanol–water partition coefficient (Wildman–Crippen LogP) is 2.44. The molecule has 2 atom stereocenters. The number of hydrazone groups is 1. The van der Waals surface area contributed by atoms with Gasteiger partial charge in [-0.3, -0.25) is 0 Å². The van der Waals surface area contributed by atoms with Crippen LogP contribution in [0.1, 0.15) is 31.4 Å². The van der Waals surface area contributed by atoms with E-state index >= 15 is 0 Å². The number of hydrogen-bond acceptors (Lipinski definition) is 5. The molecule has 120 valence electrons. The average molecular weight is 303 g/mol. The van der Waals surface area contributed by atoms with Crippen LogP contribution in [0.4, 0.5) is 0 Å². The van der Waals surface area contributed by atoms with Crippen molar-refractivity contribution in [2.45, 2.75) is 25.8 Å². The van der Waals surface area contributed by atoms with E-state index in [9.17, 15) is 0 Å². The first kappa shape index (κ1) is 15.2. The molecular weight excluding hydrogens is 278 g/mol. The number of nitrogens with one attached hydrogen (secondary N) is 1. The SMILES string of the molecule is CCCN1CCC2=NNC(c3cc(OC)ccc3OC)C2C1. The molecule has 0 aliphatic carbocycles. The molecule has 5 heteroatoms. The topological polar surface area (TPSA) is 46.1 Å². The first-order chi connectivity index (χ1) is 10.8. The van der Waals surface area contributed by atoms with Crippen molar-refractivity contribution in [2.24, 2.45) is 11.0 Å². The van der Waals surface area contributed by atoms with Gasteiger partial charge in [0.1, 0.15) is 11.5 Å².